The lowest BCUT2D eigenvalue weighted by atomic mass is 9.95. The van der Waals surface area contributed by atoms with E-state index in [2.05, 4.69) is 6.08 Å². The van der Waals surface area contributed by atoms with Gasteiger partial charge < -0.3 is 9.47 Å². The van der Waals surface area contributed by atoms with E-state index in [1.54, 1.807) is 42.5 Å². The van der Waals surface area contributed by atoms with Crippen molar-refractivity contribution in [2.24, 2.45) is 0 Å². The Balaban J connectivity index is 1.46. The molecule has 0 N–H and O–H groups in total. The lowest BCUT2D eigenvalue weighted by Crippen LogP contribution is -2.30. The van der Waals surface area contributed by atoms with Crippen molar-refractivity contribution in [3.05, 3.63) is 95.3 Å². The topological polar surface area (TPSA) is 18.5 Å². The van der Waals surface area contributed by atoms with Crippen molar-refractivity contribution in [1.29, 1.82) is 0 Å². The van der Waals surface area contributed by atoms with Crippen LogP contribution in [0.2, 0.25) is 0 Å². The van der Waals surface area contributed by atoms with Crippen molar-refractivity contribution in [1.82, 2.24) is 0 Å². The van der Waals surface area contributed by atoms with Crippen molar-refractivity contribution in [2.45, 2.75) is 38.9 Å². The lowest BCUT2D eigenvalue weighted by Gasteiger charge is -2.29. The summed E-state index contributed by atoms with van der Waals surface area (Å²) in [4.78, 5) is 0. The molecule has 0 unspecified atom stereocenters. The normalized spacial score (nSPS) is 18.7. The Kier molecular flexibility index (Phi) is 7.31. The molecule has 1 fully saturated rings. The van der Waals surface area contributed by atoms with Gasteiger partial charge in [-0.15, -0.1) is 0 Å². The fourth-order valence-corrected chi connectivity index (χ4v) is 4.02. The van der Waals surface area contributed by atoms with E-state index in [9.17, 15) is 13.2 Å². The first-order valence-electron chi connectivity index (χ1n) is 11.2. The van der Waals surface area contributed by atoms with Crippen molar-refractivity contribution in [2.75, 3.05) is 13.2 Å². The van der Waals surface area contributed by atoms with Gasteiger partial charge in [-0.25, -0.2) is 13.2 Å². The largest absolute Gasteiger partial charge is 0.352 e. The average molecular weight is 453 g/mol. The highest BCUT2D eigenvalue weighted by atomic mass is 19.2. The maximum atomic E-state index is 15.0. The summed E-state index contributed by atoms with van der Waals surface area (Å²) in [7, 11) is 0. The molecule has 4 rings (SSSR count). The molecule has 0 amide bonds. The van der Waals surface area contributed by atoms with Crippen molar-refractivity contribution < 1.29 is 22.6 Å². The molecule has 3 aromatic carbocycles. The fourth-order valence-electron chi connectivity index (χ4n) is 4.02. The third-order valence-corrected chi connectivity index (χ3v) is 6.02. The number of hydrogen-bond acceptors (Lipinski definition) is 2. The number of hydrogen-bond donors (Lipinski definition) is 0. The molecule has 2 nitrogen and oxygen atoms in total. The molecule has 33 heavy (non-hydrogen) atoms. The van der Waals surface area contributed by atoms with E-state index in [0.29, 0.717) is 29.9 Å². The zero-order valence-corrected chi connectivity index (χ0v) is 18.8. The fraction of sp³-hybridized carbons (Fsp3) is 0.286. The van der Waals surface area contributed by atoms with Gasteiger partial charge in [0, 0.05) is 23.5 Å². The summed E-state index contributed by atoms with van der Waals surface area (Å²) in [6.07, 6.45) is 5.57. The number of halogens is 3. The summed E-state index contributed by atoms with van der Waals surface area (Å²) in [5.41, 5.74) is 2.91. The van der Waals surface area contributed by atoms with E-state index in [-0.39, 0.29) is 29.2 Å². The summed E-state index contributed by atoms with van der Waals surface area (Å²) < 4.78 is 54.8. The number of rotatable bonds is 6. The van der Waals surface area contributed by atoms with E-state index < -0.39 is 11.6 Å². The molecule has 1 aliphatic rings. The van der Waals surface area contributed by atoms with Crippen LogP contribution in [-0.4, -0.2) is 19.5 Å². The zero-order chi connectivity index (χ0) is 23.4. The zero-order valence-electron chi connectivity index (χ0n) is 18.8. The summed E-state index contributed by atoms with van der Waals surface area (Å²) in [5.74, 6) is -2.09. The quantitative estimate of drug-likeness (QED) is 0.359. The molecular formula is C28H27F3O2. The van der Waals surface area contributed by atoms with Gasteiger partial charge in [0.2, 0.25) is 0 Å². The van der Waals surface area contributed by atoms with Gasteiger partial charge in [-0.1, -0.05) is 60.7 Å². The summed E-state index contributed by atoms with van der Waals surface area (Å²) in [6.45, 7) is 4.49. The second-order valence-corrected chi connectivity index (χ2v) is 8.31. The highest BCUT2D eigenvalue weighted by molar-refractivity contribution is 5.71. The van der Waals surface area contributed by atoms with Crippen LogP contribution in [0.15, 0.2) is 66.7 Å². The Morgan fingerprint density at radius 1 is 0.848 bits per heavy atom. The monoisotopic (exact) mass is 452 g/mol. The molecule has 0 atom stereocenters. The maximum absolute atomic E-state index is 15.0. The summed E-state index contributed by atoms with van der Waals surface area (Å²) in [5, 5.41) is 0. The Hall–Kier alpha value is -2.89. The molecule has 0 bridgehead atoms. The van der Waals surface area contributed by atoms with E-state index in [0.717, 1.165) is 18.4 Å². The van der Waals surface area contributed by atoms with Crippen LogP contribution in [0.3, 0.4) is 0 Å². The Labute approximate surface area is 192 Å². The standard InChI is InChI=1S/C28H27F3O2/c1-3-4-5-6-26-32-16-22(17-33-26)21-12-14-23(25(29)15-21)19-8-10-20(11-9-19)24-13-7-18(2)27(30)28(24)31/h3-4,7-15,22,26H,5-6,16-17H2,1-2H3/b4-3+. The van der Waals surface area contributed by atoms with Crippen LogP contribution < -0.4 is 0 Å². The Morgan fingerprint density at radius 3 is 2.12 bits per heavy atom. The smallest absolute Gasteiger partial charge is 0.166 e. The molecule has 0 aliphatic carbocycles. The first kappa shape index (κ1) is 23.3. The minimum atomic E-state index is -0.876. The third kappa shape index (κ3) is 5.21. The van der Waals surface area contributed by atoms with Crippen molar-refractivity contribution in [3.63, 3.8) is 0 Å². The second kappa shape index (κ2) is 10.4. The van der Waals surface area contributed by atoms with E-state index in [4.69, 9.17) is 9.47 Å². The molecule has 0 spiro atoms. The van der Waals surface area contributed by atoms with Gasteiger partial charge in [-0.05, 0) is 48.6 Å². The average Bonchev–Trinajstić information content (AvgIpc) is 2.83. The summed E-state index contributed by atoms with van der Waals surface area (Å²) >= 11 is 0. The van der Waals surface area contributed by atoms with Crippen molar-refractivity contribution >= 4 is 0 Å². The number of benzene rings is 3. The van der Waals surface area contributed by atoms with Gasteiger partial charge in [0.1, 0.15) is 5.82 Å². The van der Waals surface area contributed by atoms with Gasteiger partial charge in [0.05, 0.1) is 13.2 Å². The predicted molar refractivity (Wildman–Crippen MR) is 124 cm³/mol. The highest BCUT2D eigenvalue weighted by Gasteiger charge is 2.24. The Morgan fingerprint density at radius 2 is 1.48 bits per heavy atom. The minimum Gasteiger partial charge on any atom is -0.352 e. The minimum absolute atomic E-state index is 0.0201. The predicted octanol–water partition coefficient (Wildman–Crippen LogP) is 7.56. The van der Waals surface area contributed by atoms with Gasteiger partial charge in [-0.2, -0.15) is 0 Å². The molecule has 0 aromatic heterocycles. The van der Waals surface area contributed by atoms with E-state index >= 15 is 0 Å². The maximum Gasteiger partial charge on any atom is 0.166 e. The molecule has 3 aromatic rings. The van der Waals surface area contributed by atoms with Crippen LogP contribution in [0.25, 0.3) is 22.3 Å². The molecule has 1 saturated heterocycles. The van der Waals surface area contributed by atoms with Gasteiger partial charge >= 0.3 is 0 Å². The van der Waals surface area contributed by atoms with E-state index in [1.165, 1.54) is 13.0 Å². The molecule has 1 heterocycles. The van der Waals surface area contributed by atoms with Crippen LogP contribution in [0.4, 0.5) is 13.2 Å². The molecular weight excluding hydrogens is 425 g/mol. The number of aryl methyl sites for hydroxylation is 1. The summed E-state index contributed by atoms with van der Waals surface area (Å²) in [6, 6.07) is 15.0. The van der Waals surface area contributed by atoms with Crippen molar-refractivity contribution in [3.8, 4) is 22.3 Å². The molecule has 0 radical (unpaired) electrons. The van der Waals surface area contributed by atoms with Crippen LogP contribution in [-0.2, 0) is 9.47 Å². The second-order valence-electron chi connectivity index (χ2n) is 8.31. The first-order valence-corrected chi connectivity index (χ1v) is 11.2. The molecule has 0 saturated carbocycles. The van der Waals surface area contributed by atoms with Gasteiger partial charge in [0.25, 0.3) is 0 Å². The highest BCUT2D eigenvalue weighted by Crippen LogP contribution is 2.32. The third-order valence-electron chi connectivity index (χ3n) is 6.02. The molecule has 1 aliphatic heterocycles. The van der Waals surface area contributed by atoms with Gasteiger partial charge in [-0.3, -0.25) is 0 Å². The van der Waals surface area contributed by atoms with Crippen LogP contribution in [0.1, 0.15) is 36.8 Å². The lowest BCUT2D eigenvalue weighted by molar-refractivity contribution is -0.189. The van der Waals surface area contributed by atoms with Crippen LogP contribution in [0.5, 0.6) is 0 Å². The van der Waals surface area contributed by atoms with Gasteiger partial charge in [0.15, 0.2) is 17.9 Å². The van der Waals surface area contributed by atoms with E-state index in [1.807, 2.05) is 19.1 Å². The molecule has 172 valence electrons. The number of ether oxygens (including phenoxy) is 2. The Bertz CT molecular complexity index is 1130. The first-order chi connectivity index (χ1) is 16.0. The van der Waals surface area contributed by atoms with Crippen LogP contribution >= 0.6 is 0 Å². The van der Waals surface area contributed by atoms with Crippen LogP contribution in [0, 0.1) is 24.4 Å². The molecule has 5 heteroatoms. The SMILES string of the molecule is C/C=C/CCC1OCC(c2ccc(-c3ccc(-c4ccc(C)c(F)c4F)cc3)c(F)c2)CO1. The number of allylic oxidation sites excluding steroid dienone is 2.